The first-order valence-corrected chi connectivity index (χ1v) is 21.3. The van der Waals surface area contributed by atoms with Crippen molar-refractivity contribution in [3.8, 4) is 0 Å². The third kappa shape index (κ3) is 38.3. The average Bonchev–Trinajstić information content (AvgIpc) is 3.14. The Kier molecular flexibility index (Phi) is 38.6. The van der Waals surface area contributed by atoms with Crippen molar-refractivity contribution in [3.05, 3.63) is 60.8 Å². The van der Waals surface area contributed by atoms with E-state index in [0.717, 1.165) is 83.5 Å². The largest absolute Gasteiger partial charge is 0.462 e. The number of esters is 3. The van der Waals surface area contributed by atoms with Crippen LogP contribution in [0.1, 0.15) is 194 Å². The van der Waals surface area contributed by atoms with Crippen LogP contribution in [0.5, 0.6) is 0 Å². The predicted octanol–water partition coefficient (Wildman–Crippen LogP) is 13.4. The molecule has 0 radical (unpaired) electrons. The van der Waals surface area contributed by atoms with Gasteiger partial charge >= 0.3 is 17.9 Å². The van der Waals surface area contributed by atoms with Crippen LogP contribution in [0.15, 0.2) is 60.8 Å². The molecule has 1 atom stereocenters. The van der Waals surface area contributed by atoms with E-state index in [1.807, 2.05) is 0 Å². The molecule has 0 spiro atoms. The van der Waals surface area contributed by atoms with Gasteiger partial charge < -0.3 is 14.2 Å². The molecule has 6 nitrogen and oxygen atoms in total. The zero-order chi connectivity index (χ0) is 38.0. The summed E-state index contributed by atoms with van der Waals surface area (Å²) < 4.78 is 16.6. The van der Waals surface area contributed by atoms with Crippen LogP contribution >= 0.6 is 0 Å². The number of unbranched alkanes of at least 4 members (excludes halogenated alkanes) is 18. The second-order valence-electron chi connectivity index (χ2n) is 13.9. The van der Waals surface area contributed by atoms with Crippen molar-refractivity contribution in [1.82, 2.24) is 0 Å². The van der Waals surface area contributed by atoms with E-state index in [1.165, 1.54) is 70.6 Å². The molecular formula is C46H78O6. The van der Waals surface area contributed by atoms with E-state index in [4.69, 9.17) is 14.2 Å². The molecule has 6 heteroatoms. The van der Waals surface area contributed by atoms with Gasteiger partial charge in [-0.3, -0.25) is 14.4 Å². The minimum Gasteiger partial charge on any atom is -0.462 e. The predicted molar refractivity (Wildman–Crippen MR) is 219 cm³/mol. The smallest absolute Gasteiger partial charge is 0.306 e. The van der Waals surface area contributed by atoms with E-state index in [2.05, 4.69) is 81.5 Å². The Hall–Kier alpha value is -2.89. The molecule has 0 fully saturated rings. The van der Waals surface area contributed by atoms with Gasteiger partial charge in [-0.25, -0.2) is 0 Å². The lowest BCUT2D eigenvalue weighted by Gasteiger charge is -2.18. The lowest BCUT2D eigenvalue weighted by atomic mass is 10.1. The van der Waals surface area contributed by atoms with Crippen LogP contribution < -0.4 is 0 Å². The van der Waals surface area contributed by atoms with E-state index in [9.17, 15) is 14.4 Å². The van der Waals surface area contributed by atoms with Gasteiger partial charge in [-0.05, 0) is 64.2 Å². The molecule has 0 heterocycles. The maximum atomic E-state index is 12.6. The fraction of sp³-hybridized carbons (Fsp3) is 0.717. The summed E-state index contributed by atoms with van der Waals surface area (Å²) >= 11 is 0. The van der Waals surface area contributed by atoms with Gasteiger partial charge in [-0.2, -0.15) is 0 Å². The molecule has 52 heavy (non-hydrogen) atoms. The van der Waals surface area contributed by atoms with Crippen LogP contribution in [-0.4, -0.2) is 37.2 Å². The van der Waals surface area contributed by atoms with Gasteiger partial charge in [0.25, 0.3) is 0 Å². The second kappa shape index (κ2) is 40.9. The molecule has 0 aliphatic carbocycles. The summed E-state index contributed by atoms with van der Waals surface area (Å²) in [5.41, 5.74) is 0. The second-order valence-corrected chi connectivity index (χ2v) is 13.9. The van der Waals surface area contributed by atoms with Crippen molar-refractivity contribution >= 4 is 17.9 Å². The van der Waals surface area contributed by atoms with Crippen LogP contribution in [0.3, 0.4) is 0 Å². The third-order valence-corrected chi connectivity index (χ3v) is 8.83. The van der Waals surface area contributed by atoms with E-state index in [-0.39, 0.29) is 31.1 Å². The molecule has 298 valence electrons. The lowest BCUT2D eigenvalue weighted by molar-refractivity contribution is -0.167. The van der Waals surface area contributed by atoms with Crippen molar-refractivity contribution in [2.24, 2.45) is 0 Å². The molecule has 0 aromatic heterocycles. The van der Waals surface area contributed by atoms with Crippen molar-refractivity contribution in [2.45, 2.75) is 200 Å². The van der Waals surface area contributed by atoms with Gasteiger partial charge in [0.1, 0.15) is 13.2 Å². The van der Waals surface area contributed by atoms with Crippen LogP contribution in [0.4, 0.5) is 0 Å². The van der Waals surface area contributed by atoms with Crippen molar-refractivity contribution in [1.29, 1.82) is 0 Å². The summed E-state index contributed by atoms with van der Waals surface area (Å²) in [5, 5.41) is 0. The van der Waals surface area contributed by atoms with E-state index < -0.39 is 6.10 Å². The molecule has 0 aromatic carbocycles. The molecule has 1 unspecified atom stereocenters. The Morgan fingerprint density at radius 1 is 0.423 bits per heavy atom. The molecule has 0 aromatic rings. The van der Waals surface area contributed by atoms with E-state index in [0.29, 0.717) is 19.3 Å². The van der Waals surface area contributed by atoms with Gasteiger partial charge in [0, 0.05) is 19.3 Å². The first kappa shape index (κ1) is 49.1. The fourth-order valence-corrected chi connectivity index (χ4v) is 5.65. The first-order chi connectivity index (χ1) is 25.5. The number of ether oxygens (including phenoxy) is 3. The average molecular weight is 727 g/mol. The molecule has 0 N–H and O–H groups in total. The maximum Gasteiger partial charge on any atom is 0.306 e. The van der Waals surface area contributed by atoms with Crippen LogP contribution in [-0.2, 0) is 28.6 Å². The Balaban J connectivity index is 4.39. The molecule has 0 amide bonds. The highest BCUT2D eigenvalue weighted by atomic mass is 16.6. The topological polar surface area (TPSA) is 78.9 Å². The number of hydrogen-bond donors (Lipinski definition) is 0. The number of carbonyl (C=O) groups excluding carboxylic acids is 3. The zero-order valence-electron chi connectivity index (χ0n) is 33.8. The summed E-state index contributed by atoms with van der Waals surface area (Å²) in [6, 6.07) is 0. The van der Waals surface area contributed by atoms with Crippen LogP contribution in [0.2, 0.25) is 0 Å². The Morgan fingerprint density at radius 2 is 0.846 bits per heavy atom. The number of hydrogen-bond acceptors (Lipinski definition) is 6. The highest BCUT2D eigenvalue weighted by Gasteiger charge is 2.19. The molecular weight excluding hydrogens is 648 g/mol. The minimum absolute atomic E-state index is 0.0904. The van der Waals surface area contributed by atoms with Gasteiger partial charge in [0.05, 0.1) is 0 Å². The SMILES string of the molecule is CC\C=C/C=C\C=C/CCCCCCCCCC(=O)OCC(COC(=O)CCCC/C=C\C/C=C\CC)OC(=O)CCCCCCCCCCCC. The van der Waals surface area contributed by atoms with Gasteiger partial charge in [-0.1, -0.05) is 171 Å². The van der Waals surface area contributed by atoms with Gasteiger partial charge in [-0.15, -0.1) is 0 Å². The number of allylic oxidation sites excluding steroid dienone is 10. The molecule has 0 aliphatic heterocycles. The summed E-state index contributed by atoms with van der Waals surface area (Å²) in [5.74, 6) is -0.947. The Morgan fingerprint density at radius 3 is 1.40 bits per heavy atom. The Bertz CT molecular complexity index is 975. The summed E-state index contributed by atoms with van der Waals surface area (Å²) in [4.78, 5) is 37.5. The molecule has 0 bridgehead atoms. The van der Waals surface area contributed by atoms with Crippen LogP contribution in [0, 0.1) is 0 Å². The molecule has 0 rings (SSSR count). The number of rotatable bonds is 37. The molecule has 0 saturated heterocycles. The van der Waals surface area contributed by atoms with Crippen molar-refractivity contribution in [3.63, 3.8) is 0 Å². The quantitative estimate of drug-likeness (QED) is 0.0208. The normalized spacial score (nSPS) is 12.6. The van der Waals surface area contributed by atoms with E-state index in [1.54, 1.807) is 0 Å². The third-order valence-electron chi connectivity index (χ3n) is 8.83. The highest BCUT2D eigenvalue weighted by molar-refractivity contribution is 5.71. The maximum absolute atomic E-state index is 12.6. The monoisotopic (exact) mass is 727 g/mol. The summed E-state index contributed by atoms with van der Waals surface area (Å²) in [6.45, 7) is 6.31. The van der Waals surface area contributed by atoms with Crippen molar-refractivity contribution < 1.29 is 28.6 Å². The summed E-state index contributed by atoms with van der Waals surface area (Å²) in [6.07, 6.45) is 47.8. The van der Waals surface area contributed by atoms with Crippen LogP contribution in [0.25, 0.3) is 0 Å². The van der Waals surface area contributed by atoms with Crippen molar-refractivity contribution in [2.75, 3.05) is 13.2 Å². The lowest BCUT2D eigenvalue weighted by Crippen LogP contribution is -2.30. The van der Waals surface area contributed by atoms with Gasteiger partial charge in [0.15, 0.2) is 6.10 Å². The number of carbonyl (C=O) groups is 3. The van der Waals surface area contributed by atoms with Gasteiger partial charge in [0.2, 0.25) is 0 Å². The molecule has 0 aliphatic rings. The first-order valence-electron chi connectivity index (χ1n) is 21.3. The standard InChI is InChI=1S/C46H78O6/c1-4-7-10-13-16-19-21-22-23-24-25-28-30-33-36-39-45(48)51-42-43(41-50-44(47)38-35-32-29-26-18-15-12-9-6-3)52-46(49)40-37-34-31-27-20-17-14-11-8-5-2/h7,9-10,12-13,16,18-19,21,26,43H,4-6,8,11,14-15,17,20,22-25,27-42H2,1-3H3/b10-7-,12-9-,16-13-,21-19-,26-18-. The van der Waals surface area contributed by atoms with E-state index >= 15 is 0 Å². The highest BCUT2D eigenvalue weighted by Crippen LogP contribution is 2.14. The minimum atomic E-state index is -0.786. The fourth-order valence-electron chi connectivity index (χ4n) is 5.65. The Labute approximate surface area is 320 Å². The molecule has 0 saturated carbocycles. The summed E-state index contributed by atoms with van der Waals surface area (Å²) in [7, 11) is 0. The zero-order valence-corrected chi connectivity index (χ0v) is 33.8.